The molecule has 0 saturated carbocycles. The molecular formula is C35H40O10. The van der Waals surface area contributed by atoms with Crippen LogP contribution in [0.1, 0.15) is 53.0 Å². The van der Waals surface area contributed by atoms with E-state index in [-0.39, 0.29) is 11.2 Å². The molecule has 0 spiro atoms. The number of carbonyl (C=O) groups excluding carboxylic acids is 2. The van der Waals surface area contributed by atoms with E-state index in [9.17, 15) is 9.59 Å². The third-order valence-corrected chi connectivity index (χ3v) is 7.39. The maximum absolute atomic E-state index is 12.7. The summed E-state index contributed by atoms with van der Waals surface area (Å²) in [5, 5.41) is 0. The summed E-state index contributed by atoms with van der Waals surface area (Å²) in [6, 6.07) is 18.4. The summed E-state index contributed by atoms with van der Waals surface area (Å²) in [7, 11) is 0. The van der Waals surface area contributed by atoms with Crippen molar-refractivity contribution in [1.29, 1.82) is 0 Å². The van der Waals surface area contributed by atoms with Gasteiger partial charge in [-0.1, -0.05) is 0 Å². The summed E-state index contributed by atoms with van der Waals surface area (Å²) >= 11 is 0. The summed E-state index contributed by atoms with van der Waals surface area (Å²) in [6.45, 7) is 10.5. The summed E-state index contributed by atoms with van der Waals surface area (Å²) in [6.07, 6.45) is 1.50. The lowest BCUT2D eigenvalue weighted by atomic mass is 10.1. The number of aryl methyl sites for hydroxylation is 1. The van der Waals surface area contributed by atoms with E-state index < -0.39 is 11.9 Å². The lowest BCUT2D eigenvalue weighted by Crippen LogP contribution is -2.49. The zero-order valence-electron chi connectivity index (χ0n) is 26.0. The maximum Gasteiger partial charge on any atom is 0.343 e. The Morgan fingerprint density at radius 2 is 1.07 bits per heavy atom. The van der Waals surface area contributed by atoms with E-state index in [2.05, 4.69) is 0 Å². The minimum Gasteiger partial charge on any atom is -0.494 e. The molecule has 2 fully saturated rings. The number of carbonyl (C=O) groups is 2. The Balaban J connectivity index is 1.02. The topological polar surface area (TPSA) is 108 Å². The molecule has 3 aromatic carbocycles. The smallest absolute Gasteiger partial charge is 0.343 e. The van der Waals surface area contributed by atoms with Gasteiger partial charge >= 0.3 is 11.9 Å². The molecule has 0 N–H and O–H groups in total. The molecule has 10 heteroatoms. The fourth-order valence-electron chi connectivity index (χ4n) is 4.58. The van der Waals surface area contributed by atoms with Crippen molar-refractivity contribution in [3.63, 3.8) is 0 Å². The number of hydrogen-bond acceptors (Lipinski definition) is 10. The second-order valence-corrected chi connectivity index (χ2v) is 11.7. The molecule has 3 aromatic rings. The number of hydrogen-bond donors (Lipinski definition) is 0. The van der Waals surface area contributed by atoms with Crippen LogP contribution in [0.3, 0.4) is 0 Å². The predicted octanol–water partition coefficient (Wildman–Crippen LogP) is 5.58. The first-order valence-electron chi connectivity index (χ1n) is 15.1. The Hall–Kier alpha value is -3.96. The van der Waals surface area contributed by atoms with Gasteiger partial charge in [0.25, 0.3) is 0 Å². The highest BCUT2D eigenvalue weighted by Gasteiger charge is 2.34. The molecule has 0 bridgehead atoms. The van der Waals surface area contributed by atoms with Crippen molar-refractivity contribution in [2.45, 2.75) is 44.8 Å². The normalized spacial score (nSPS) is 16.2. The van der Waals surface area contributed by atoms with Crippen molar-refractivity contribution in [1.82, 2.24) is 0 Å². The third kappa shape index (κ3) is 9.27. The minimum absolute atomic E-state index is 0.171. The van der Waals surface area contributed by atoms with Gasteiger partial charge in [0.1, 0.15) is 34.2 Å². The number of benzene rings is 3. The summed E-state index contributed by atoms with van der Waals surface area (Å²) < 4.78 is 44.6. The van der Waals surface area contributed by atoms with Gasteiger partial charge in [-0.3, -0.25) is 0 Å². The molecule has 0 atom stereocenters. The number of ether oxygens (including phenoxy) is 8. The van der Waals surface area contributed by atoms with Crippen molar-refractivity contribution in [2.75, 3.05) is 52.9 Å². The molecule has 2 aliphatic rings. The zero-order chi connectivity index (χ0) is 31.7. The van der Waals surface area contributed by atoms with Crippen LogP contribution < -0.4 is 18.9 Å². The Morgan fingerprint density at radius 1 is 0.622 bits per heavy atom. The van der Waals surface area contributed by atoms with Gasteiger partial charge in [0.15, 0.2) is 0 Å². The van der Waals surface area contributed by atoms with Crippen molar-refractivity contribution in [3.8, 4) is 23.0 Å². The molecule has 0 radical (unpaired) electrons. The molecule has 2 saturated heterocycles. The monoisotopic (exact) mass is 620 g/mol. The zero-order valence-corrected chi connectivity index (χ0v) is 26.0. The fourth-order valence-corrected chi connectivity index (χ4v) is 4.58. The lowest BCUT2D eigenvalue weighted by Gasteiger charge is -2.37. The molecule has 45 heavy (non-hydrogen) atoms. The van der Waals surface area contributed by atoms with Crippen molar-refractivity contribution in [2.24, 2.45) is 0 Å². The van der Waals surface area contributed by atoms with E-state index in [0.717, 1.165) is 12.8 Å². The van der Waals surface area contributed by atoms with Crippen LogP contribution >= 0.6 is 0 Å². The van der Waals surface area contributed by atoms with Crippen LogP contribution in [0.15, 0.2) is 66.7 Å². The molecule has 2 aliphatic heterocycles. The molecule has 0 aliphatic carbocycles. The Labute approximate surface area is 263 Å². The molecule has 240 valence electrons. The van der Waals surface area contributed by atoms with Gasteiger partial charge in [0.05, 0.1) is 64.0 Å². The number of esters is 2. The van der Waals surface area contributed by atoms with E-state index in [0.29, 0.717) is 92.5 Å². The predicted molar refractivity (Wildman–Crippen MR) is 165 cm³/mol. The second kappa shape index (κ2) is 14.9. The SMILES string of the molecule is Cc1cc(OC(=O)c2ccc(OCCCOC3(C)COC3)cc2)ccc1OC(=O)c1ccc(OCCCOC2(C)COC2)cc1. The van der Waals surface area contributed by atoms with Crippen LogP contribution in [0.2, 0.25) is 0 Å². The van der Waals surface area contributed by atoms with E-state index in [1.165, 1.54) is 0 Å². The molecule has 2 heterocycles. The van der Waals surface area contributed by atoms with Gasteiger partial charge in [-0.2, -0.15) is 0 Å². The Morgan fingerprint density at radius 3 is 1.49 bits per heavy atom. The molecule has 5 rings (SSSR count). The van der Waals surface area contributed by atoms with E-state index in [1.54, 1.807) is 73.7 Å². The number of rotatable bonds is 16. The van der Waals surface area contributed by atoms with Crippen LogP contribution in [-0.4, -0.2) is 76.0 Å². The molecule has 0 unspecified atom stereocenters. The summed E-state index contributed by atoms with van der Waals surface area (Å²) in [5.41, 5.74) is 1.07. The quantitative estimate of drug-likeness (QED) is 0.114. The summed E-state index contributed by atoms with van der Waals surface area (Å²) in [5.74, 6) is 1.01. The average Bonchev–Trinajstić information content (AvgIpc) is 3.01. The van der Waals surface area contributed by atoms with Crippen LogP contribution in [0.5, 0.6) is 23.0 Å². The lowest BCUT2D eigenvalue weighted by molar-refractivity contribution is -0.199. The molecule has 0 aromatic heterocycles. The van der Waals surface area contributed by atoms with Crippen molar-refractivity contribution in [3.05, 3.63) is 83.4 Å². The molecule has 0 amide bonds. The minimum atomic E-state index is -0.507. The first-order valence-corrected chi connectivity index (χ1v) is 15.1. The van der Waals surface area contributed by atoms with Crippen LogP contribution in [0, 0.1) is 6.92 Å². The van der Waals surface area contributed by atoms with Crippen molar-refractivity contribution >= 4 is 11.9 Å². The fraction of sp³-hybridized carbons (Fsp3) is 0.429. The standard InChI is InChI=1S/C35H40O10/c1-25-20-30(44-32(36)26-6-10-28(11-7-26)40-16-4-18-42-34(2)21-38-22-34)14-15-31(25)45-33(37)27-8-12-29(13-9-27)41-17-5-19-43-35(3)23-39-24-35/h6-15,20H,4-5,16-19,21-24H2,1-3H3. The van der Waals surface area contributed by atoms with Gasteiger partial charge < -0.3 is 37.9 Å². The highest BCUT2D eigenvalue weighted by atomic mass is 16.6. The second-order valence-electron chi connectivity index (χ2n) is 11.7. The highest BCUT2D eigenvalue weighted by molar-refractivity contribution is 5.92. The largest absolute Gasteiger partial charge is 0.494 e. The molecule has 10 nitrogen and oxygen atoms in total. The third-order valence-electron chi connectivity index (χ3n) is 7.39. The van der Waals surface area contributed by atoms with Crippen LogP contribution in [0.4, 0.5) is 0 Å². The Kier molecular flexibility index (Phi) is 10.7. The van der Waals surface area contributed by atoms with E-state index >= 15 is 0 Å². The van der Waals surface area contributed by atoms with Crippen molar-refractivity contribution < 1.29 is 47.5 Å². The van der Waals surface area contributed by atoms with Crippen LogP contribution in [0.25, 0.3) is 0 Å². The van der Waals surface area contributed by atoms with Gasteiger partial charge in [0, 0.05) is 12.8 Å². The van der Waals surface area contributed by atoms with Gasteiger partial charge in [-0.25, -0.2) is 9.59 Å². The van der Waals surface area contributed by atoms with Gasteiger partial charge in [-0.05, 0) is 93.1 Å². The summed E-state index contributed by atoms with van der Waals surface area (Å²) in [4.78, 5) is 25.4. The average molecular weight is 621 g/mol. The van der Waals surface area contributed by atoms with Gasteiger partial charge in [-0.15, -0.1) is 0 Å². The first kappa shape index (κ1) is 32.4. The maximum atomic E-state index is 12.7. The first-order chi connectivity index (χ1) is 21.7. The van der Waals surface area contributed by atoms with E-state index in [1.807, 2.05) is 13.8 Å². The Bertz CT molecular complexity index is 1430. The van der Waals surface area contributed by atoms with Crippen LogP contribution in [-0.2, 0) is 18.9 Å². The highest BCUT2D eigenvalue weighted by Crippen LogP contribution is 2.26. The van der Waals surface area contributed by atoms with Gasteiger partial charge in [0.2, 0.25) is 0 Å². The molecular weight excluding hydrogens is 580 g/mol. The van der Waals surface area contributed by atoms with E-state index in [4.69, 9.17) is 37.9 Å².